The van der Waals surface area contributed by atoms with Crippen LogP contribution >= 0.6 is 11.8 Å². The Hall–Kier alpha value is -0.580. The van der Waals surface area contributed by atoms with Crippen molar-refractivity contribution in [1.82, 2.24) is 0 Å². The topological polar surface area (TPSA) is 29.5 Å². The van der Waals surface area contributed by atoms with Gasteiger partial charge >= 0.3 is 0 Å². The molecule has 82 valence electrons. The van der Waals surface area contributed by atoms with Gasteiger partial charge in [-0.1, -0.05) is 12.1 Å². The van der Waals surface area contributed by atoms with Crippen LogP contribution in [0, 0.1) is 5.82 Å². The summed E-state index contributed by atoms with van der Waals surface area (Å²) in [7, 11) is 0. The summed E-state index contributed by atoms with van der Waals surface area (Å²) < 4.78 is 18.6. The minimum absolute atomic E-state index is 0.259. The quantitative estimate of drug-likeness (QED) is 0.861. The van der Waals surface area contributed by atoms with E-state index in [1.807, 2.05) is 0 Å². The molecule has 0 aliphatic carbocycles. The fourth-order valence-electron chi connectivity index (χ4n) is 1.43. The third kappa shape index (κ3) is 2.33. The Morgan fingerprint density at radius 3 is 2.80 bits per heavy atom. The van der Waals surface area contributed by atoms with Gasteiger partial charge in [-0.15, -0.1) is 11.8 Å². The maximum Gasteiger partial charge on any atom is 0.137 e. The Balaban J connectivity index is 2.25. The van der Waals surface area contributed by atoms with Gasteiger partial charge in [-0.25, -0.2) is 4.39 Å². The first-order chi connectivity index (χ1) is 7.18. The molecule has 1 heterocycles. The van der Waals surface area contributed by atoms with Gasteiger partial charge in [0, 0.05) is 4.90 Å². The fraction of sp³-hybridized carbons (Fsp3) is 0.455. The second kappa shape index (κ2) is 4.51. The zero-order chi connectivity index (χ0) is 10.8. The fourth-order valence-corrected chi connectivity index (χ4v) is 2.64. The van der Waals surface area contributed by atoms with E-state index in [-0.39, 0.29) is 5.82 Å². The zero-order valence-electron chi connectivity index (χ0n) is 8.44. The van der Waals surface area contributed by atoms with E-state index < -0.39 is 6.10 Å². The summed E-state index contributed by atoms with van der Waals surface area (Å²) in [6.07, 6.45) is -0.635. The number of aliphatic hydroxyl groups excluding tert-OH is 1. The molecule has 1 atom stereocenters. The van der Waals surface area contributed by atoms with Crippen molar-refractivity contribution in [2.75, 3.05) is 13.2 Å². The summed E-state index contributed by atoms with van der Waals surface area (Å²) in [6, 6.07) is 4.81. The number of rotatable bonds is 3. The van der Waals surface area contributed by atoms with Gasteiger partial charge in [0.25, 0.3) is 0 Å². The molecule has 1 aromatic carbocycles. The maximum atomic E-state index is 13.6. The van der Waals surface area contributed by atoms with Crippen molar-refractivity contribution in [3.63, 3.8) is 0 Å². The highest BCUT2D eigenvalue weighted by molar-refractivity contribution is 8.00. The minimum Gasteiger partial charge on any atom is -0.389 e. The monoisotopic (exact) mass is 228 g/mol. The number of benzene rings is 1. The standard InChI is InChI=1S/C11H13FO2S/c1-7(13)9-3-2-4-10(12)11(9)15-8-5-14-6-8/h2-4,7-8,13H,5-6H2,1H3/t7-/m0/s1. The molecule has 1 aliphatic rings. The Kier molecular flexibility index (Phi) is 3.29. The SMILES string of the molecule is C[C@H](O)c1cccc(F)c1SC1COC1. The van der Waals surface area contributed by atoms with E-state index in [2.05, 4.69) is 0 Å². The van der Waals surface area contributed by atoms with Crippen LogP contribution in [0.2, 0.25) is 0 Å². The lowest BCUT2D eigenvalue weighted by atomic mass is 10.1. The molecule has 0 unspecified atom stereocenters. The summed E-state index contributed by atoms with van der Waals surface area (Å²) in [5.74, 6) is -0.259. The first-order valence-electron chi connectivity index (χ1n) is 4.89. The lowest BCUT2D eigenvalue weighted by Gasteiger charge is -2.26. The second-order valence-corrected chi connectivity index (χ2v) is 4.92. The second-order valence-electron chi connectivity index (χ2n) is 3.61. The third-order valence-electron chi connectivity index (χ3n) is 2.34. The van der Waals surface area contributed by atoms with Crippen molar-refractivity contribution >= 4 is 11.8 Å². The number of thioether (sulfide) groups is 1. The average molecular weight is 228 g/mol. The van der Waals surface area contributed by atoms with Crippen LogP contribution in [-0.2, 0) is 4.74 Å². The Bertz CT molecular complexity index is 350. The largest absolute Gasteiger partial charge is 0.389 e. The first-order valence-corrected chi connectivity index (χ1v) is 5.77. The highest BCUT2D eigenvalue weighted by atomic mass is 32.2. The smallest absolute Gasteiger partial charge is 0.137 e. The van der Waals surface area contributed by atoms with Gasteiger partial charge in [-0.3, -0.25) is 0 Å². The van der Waals surface area contributed by atoms with Crippen LogP contribution in [0.15, 0.2) is 23.1 Å². The van der Waals surface area contributed by atoms with Crippen molar-refractivity contribution < 1.29 is 14.2 Å². The summed E-state index contributed by atoms with van der Waals surface area (Å²) in [5.41, 5.74) is 0.659. The maximum absolute atomic E-state index is 13.6. The molecule has 1 aliphatic heterocycles. The van der Waals surface area contributed by atoms with Gasteiger partial charge < -0.3 is 9.84 Å². The van der Waals surface area contributed by atoms with Crippen LogP contribution in [0.4, 0.5) is 4.39 Å². The lowest BCUT2D eigenvalue weighted by molar-refractivity contribution is 0.0454. The molecular weight excluding hydrogens is 215 g/mol. The van der Waals surface area contributed by atoms with Crippen molar-refractivity contribution in [2.45, 2.75) is 23.2 Å². The molecule has 0 spiro atoms. The molecule has 0 aromatic heterocycles. The van der Waals surface area contributed by atoms with Crippen molar-refractivity contribution in [2.24, 2.45) is 0 Å². The van der Waals surface area contributed by atoms with E-state index >= 15 is 0 Å². The molecule has 15 heavy (non-hydrogen) atoms. The number of hydrogen-bond acceptors (Lipinski definition) is 3. The van der Waals surface area contributed by atoms with Crippen molar-refractivity contribution in [3.8, 4) is 0 Å². The van der Waals surface area contributed by atoms with E-state index in [4.69, 9.17) is 4.74 Å². The van der Waals surface area contributed by atoms with E-state index in [0.717, 1.165) is 0 Å². The molecule has 2 nitrogen and oxygen atoms in total. The van der Waals surface area contributed by atoms with E-state index in [1.54, 1.807) is 19.1 Å². The van der Waals surface area contributed by atoms with E-state index in [1.165, 1.54) is 17.8 Å². The number of ether oxygens (including phenoxy) is 1. The molecule has 1 N–H and O–H groups in total. The van der Waals surface area contributed by atoms with Crippen molar-refractivity contribution in [3.05, 3.63) is 29.6 Å². The Morgan fingerprint density at radius 2 is 2.27 bits per heavy atom. The summed E-state index contributed by atoms with van der Waals surface area (Å²) in [4.78, 5) is 0.556. The molecule has 1 fully saturated rings. The molecule has 1 aromatic rings. The van der Waals surface area contributed by atoms with Gasteiger partial charge in [0.05, 0.1) is 24.6 Å². The number of aliphatic hydroxyl groups is 1. The average Bonchev–Trinajstić information content (AvgIpc) is 2.12. The molecule has 0 radical (unpaired) electrons. The molecular formula is C11H13FO2S. The highest BCUT2D eigenvalue weighted by Gasteiger charge is 2.23. The van der Waals surface area contributed by atoms with E-state index in [0.29, 0.717) is 28.9 Å². The van der Waals surface area contributed by atoms with E-state index in [9.17, 15) is 9.50 Å². The molecule has 2 rings (SSSR count). The Morgan fingerprint density at radius 1 is 1.53 bits per heavy atom. The normalized spacial score (nSPS) is 18.6. The summed E-state index contributed by atoms with van der Waals surface area (Å²) in [5, 5.41) is 9.84. The first kappa shape index (κ1) is 10.9. The number of halogens is 1. The molecule has 1 saturated heterocycles. The highest BCUT2D eigenvalue weighted by Crippen LogP contribution is 2.35. The minimum atomic E-state index is -0.635. The van der Waals surface area contributed by atoms with Gasteiger partial charge in [0.1, 0.15) is 5.82 Å². The van der Waals surface area contributed by atoms with Crippen LogP contribution in [0.25, 0.3) is 0 Å². The zero-order valence-corrected chi connectivity index (χ0v) is 9.26. The molecule has 4 heteroatoms. The van der Waals surface area contributed by atoms with Gasteiger partial charge in [0.15, 0.2) is 0 Å². The third-order valence-corrected chi connectivity index (χ3v) is 3.61. The van der Waals surface area contributed by atoms with Gasteiger partial charge in [-0.2, -0.15) is 0 Å². The van der Waals surface area contributed by atoms with Crippen LogP contribution in [0.3, 0.4) is 0 Å². The predicted molar refractivity (Wildman–Crippen MR) is 57.5 cm³/mol. The van der Waals surface area contributed by atoms with Crippen LogP contribution in [0.5, 0.6) is 0 Å². The lowest BCUT2D eigenvalue weighted by Crippen LogP contribution is -2.30. The predicted octanol–water partition coefficient (Wildman–Crippen LogP) is 2.37. The molecule has 0 saturated carbocycles. The number of hydrogen-bond donors (Lipinski definition) is 1. The van der Waals surface area contributed by atoms with Crippen LogP contribution in [-0.4, -0.2) is 23.6 Å². The van der Waals surface area contributed by atoms with Crippen LogP contribution < -0.4 is 0 Å². The summed E-state index contributed by atoms with van der Waals surface area (Å²) >= 11 is 1.45. The van der Waals surface area contributed by atoms with Crippen LogP contribution in [0.1, 0.15) is 18.6 Å². The molecule has 0 bridgehead atoms. The summed E-state index contributed by atoms with van der Waals surface area (Å²) in [6.45, 7) is 2.98. The van der Waals surface area contributed by atoms with Gasteiger partial charge in [0.2, 0.25) is 0 Å². The Labute approximate surface area is 92.4 Å². The van der Waals surface area contributed by atoms with Gasteiger partial charge in [-0.05, 0) is 18.6 Å². The van der Waals surface area contributed by atoms with Crippen molar-refractivity contribution in [1.29, 1.82) is 0 Å². The molecule has 0 amide bonds.